The third-order valence-corrected chi connectivity index (χ3v) is 6.33. The molecule has 0 unspecified atom stereocenters. The number of likely N-dealkylation sites (N-methyl/N-ethyl adjacent to an activating group) is 2. The lowest BCUT2D eigenvalue weighted by Gasteiger charge is -2.24. The molecule has 0 radical (unpaired) electrons. The van der Waals surface area contributed by atoms with Gasteiger partial charge in [0.05, 0.1) is 29.9 Å². The molecule has 0 aliphatic carbocycles. The van der Waals surface area contributed by atoms with Crippen LogP contribution in [0, 0.1) is 5.82 Å². The Kier molecular flexibility index (Phi) is 7.49. The van der Waals surface area contributed by atoms with Crippen molar-refractivity contribution in [3.05, 3.63) is 48.0 Å². The molecule has 0 saturated heterocycles. The number of anilines is 4. The molecule has 0 bridgehead atoms. The first-order valence-corrected chi connectivity index (χ1v) is 12.2. The molecule has 4 rings (SSSR count). The summed E-state index contributed by atoms with van der Waals surface area (Å²) in [5.74, 6) is 0.764. The lowest BCUT2D eigenvalue weighted by Crippen LogP contribution is -2.29. The van der Waals surface area contributed by atoms with Gasteiger partial charge >= 0.3 is 0 Å². The molecule has 0 aliphatic rings. The molecule has 0 amide bonds. The summed E-state index contributed by atoms with van der Waals surface area (Å²) in [6.07, 6.45) is 1.64. The minimum atomic E-state index is -0.383. The second kappa shape index (κ2) is 10.6. The quantitative estimate of drug-likeness (QED) is 0.317. The smallest absolute Gasteiger partial charge is 0.227 e. The summed E-state index contributed by atoms with van der Waals surface area (Å²) in [6.45, 7) is 5.84. The number of aryl methyl sites for hydroxylation is 1. The number of methoxy groups -OCH3 is 1. The number of hydrogen-bond donors (Lipinski definition) is 2. The van der Waals surface area contributed by atoms with Crippen molar-refractivity contribution in [2.75, 3.05) is 57.3 Å². The molecule has 0 spiro atoms. The summed E-state index contributed by atoms with van der Waals surface area (Å²) < 4.78 is 22.4. The van der Waals surface area contributed by atoms with Gasteiger partial charge in [0.15, 0.2) is 5.82 Å². The van der Waals surface area contributed by atoms with Gasteiger partial charge < -0.3 is 25.6 Å². The molecule has 37 heavy (non-hydrogen) atoms. The van der Waals surface area contributed by atoms with Crippen LogP contribution >= 0.6 is 0 Å². The van der Waals surface area contributed by atoms with Gasteiger partial charge in [-0.3, -0.25) is 4.68 Å². The minimum Gasteiger partial charge on any atom is -0.494 e. The van der Waals surface area contributed by atoms with Crippen molar-refractivity contribution in [1.82, 2.24) is 24.6 Å². The molecular formula is C27H35FN8O. The number of ether oxygens (including phenoxy) is 1. The molecule has 3 N–H and O–H groups in total. The van der Waals surface area contributed by atoms with E-state index in [0.717, 1.165) is 29.9 Å². The van der Waals surface area contributed by atoms with E-state index in [0.29, 0.717) is 39.8 Å². The van der Waals surface area contributed by atoms with Gasteiger partial charge in [0.25, 0.3) is 0 Å². The second-order valence-corrected chi connectivity index (χ2v) is 9.74. The van der Waals surface area contributed by atoms with Crippen LogP contribution in [0.5, 0.6) is 5.75 Å². The van der Waals surface area contributed by atoms with Crippen molar-refractivity contribution in [3.63, 3.8) is 0 Å². The molecule has 0 atom stereocenters. The van der Waals surface area contributed by atoms with E-state index < -0.39 is 0 Å². The van der Waals surface area contributed by atoms with Gasteiger partial charge in [-0.1, -0.05) is 13.8 Å². The Morgan fingerprint density at radius 3 is 2.57 bits per heavy atom. The van der Waals surface area contributed by atoms with E-state index in [2.05, 4.69) is 44.0 Å². The Hall–Kier alpha value is -3.92. The van der Waals surface area contributed by atoms with Gasteiger partial charge in [-0.05, 0) is 44.3 Å². The lowest BCUT2D eigenvalue weighted by atomic mass is 10.0. The number of nitrogen functional groups attached to an aromatic ring is 1. The lowest BCUT2D eigenvalue weighted by molar-refractivity contribution is 0.413. The van der Waals surface area contributed by atoms with Gasteiger partial charge in [0, 0.05) is 56.1 Å². The standard InChI is InChI=1S/C27H35FN8O/c1-16(2)26-18-12-17(13-19(28)25(18)33-36(26)6)21-8-9-30-27(31-21)32-22-14-20(29)23(15-24(22)37-7)35(5)11-10-34(3)4/h8-9,12-16H,10-11,29H2,1-7H3,(H,30,31,32). The molecule has 0 saturated carbocycles. The van der Waals surface area contributed by atoms with Crippen LogP contribution in [0.15, 0.2) is 36.5 Å². The van der Waals surface area contributed by atoms with E-state index in [1.54, 1.807) is 24.1 Å². The molecule has 9 nitrogen and oxygen atoms in total. The number of aromatic nitrogens is 4. The Morgan fingerprint density at radius 2 is 1.89 bits per heavy atom. The van der Waals surface area contributed by atoms with Crippen molar-refractivity contribution in [2.24, 2.45) is 7.05 Å². The molecule has 2 aromatic carbocycles. The molecular weight excluding hydrogens is 471 g/mol. The van der Waals surface area contributed by atoms with E-state index in [4.69, 9.17) is 10.5 Å². The highest BCUT2D eigenvalue weighted by molar-refractivity contribution is 5.87. The first-order chi connectivity index (χ1) is 17.6. The molecule has 2 aromatic heterocycles. The fraction of sp³-hybridized carbons (Fsp3) is 0.370. The molecule has 10 heteroatoms. The van der Waals surface area contributed by atoms with Gasteiger partial charge in [-0.25, -0.2) is 14.4 Å². The Labute approximate surface area is 217 Å². The van der Waals surface area contributed by atoms with Crippen LogP contribution in [0.2, 0.25) is 0 Å². The third kappa shape index (κ3) is 5.43. The van der Waals surface area contributed by atoms with Crippen LogP contribution in [0.25, 0.3) is 22.2 Å². The highest BCUT2D eigenvalue weighted by Gasteiger charge is 2.18. The Morgan fingerprint density at radius 1 is 1.14 bits per heavy atom. The van der Waals surface area contributed by atoms with Crippen LogP contribution in [-0.4, -0.2) is 66.0 Å². The zero-order valence-corrected chi connectivity index (χ0v) is 22.5. The fourth-order valence-corrected chi connectivity index (χ4v) is 4.46. The Bertz CT molecular complexity index is 1420. The van der Waals surface area contributed by atoms with Crippen molar-refractivity contribution in [3.8, 4) is 17.0 Å². The summed E-state index contributed by atoms with van der Waals surface area (Å²) in [5, 5.41) is 8.37. The van der Waals surface area contributed by atoms with Gasteiger partial charge in [-0.15, -0.1) is 0 Å². The molecule has 0 fully saturated rings. The maximum atomic E-state index is 15.0. The monoisotopic (exact) mass is 506 g/mol. The maximum absolute atomic E-state index is 15.0. The largest absolute Gasteiger partial charge is 0.494 e. The number of rotatable bonds is 9. The SMILES string of the molecule is COc1cc(N(C)CCN(C)C)c(N)cc1Nc1nccc(-c2cc(F)c3nn(C)c(C(C)C)c3c2)n1. The van der Waals surface area contributed by atoms with Crippen LogP contribution in [0.4, 0.5) is 27.4 Å². The normalized spacial score (nSPS) is 11.5. The molecule has 196 valence electrons. The van der Waals surface area contributed by atoms with Crippen molar-refractivity contribution in [1.29, 1.82) is 0 Å². The van der Waals surface area contributed by atoms with Gasteiger partial charge in [-0.2, -0.15) is 5.10 Å². The van der Waals surface area contributed by atoms with E-state index in [1.165, 1.54) is 6.07 Å². The van der Waals surface area contributed by atoms with E-state index in [1.807, 2.05) is 46.4 Å². The molecule has 4 aromatic rings. The van der Waals surface area contributed by atoms with Crippen LogP contribution < -0.4 is 20.7 Å². The van der Waals surface area contributed by atoms with Crippen molar-refractivity contribution < 1.29 is 9.13 Å². The van der Waals surface area contributed by atoms with Crippen molar-refractivity contribution in [2.45, 2.75) is 19.8 Å². The first kappa shape index (κ1) is 26.2. The number of benzene rings is 2. The summed E-state index contributed by atoms with van der Waals surface area (Å²) in [5.41, 5.74) is 11.1. The summed E-state index contributed by atoms with van der Waals surface area (Å²) in [7, 11) is 9.51. The summed E-state index contributed by atoms with van der Waals surface area (Å²) in [6, 6.07) is 8.86. The highest BCUT2D eigenvalue weighted by atomic mass is 19.1. The number of halogens is 1. The average Bonchev–Trinajstić information content (AvgIpc) is 3.19. The Balaban J connectivity index is 1.66. The topological polar surface area (TPSA) is 97.4 Å². The third-order valence-electron chi connectivity index (χ3n) is 6.33. The van der Waals surface area contributed by atoms with Crippen LogP contribution in [0.3, 0.4) is 0 Å². The maximum Gasteiger partial charge on any atom is 0.227 e. The number of nitrogens with two attached hydrogens (primary N) is 1. The predicted octanol–water partition coefficient (Wildman–Crippen LogP) is 4.63. The predicted molar refractivity (Wildman–Crippen MR) is 148 cm³/mol. The van der Waals surface area contributed by atoms with Crippen molar-refractivity contribution >= 4 is 33.9 Å². The minimum absolute atomic E-state index is 0.190. The number of nitrogens with one attached hydrogen (secondary N) is 1. The second-order valence-electron chi connectivity index (χ2n) is 9.74. The number of fused-ring (bicyclic) bond motifs is 1. The van der Waals surface area contributed by atoms with E-state index in [-0.39, 0.29) is 11.7 Å². The number of nitrogens with zero attached hydrogens (tertiary/aromatic N) is 6. The molecule has 2 heterocycles. The van der Waals surface area contributed by atoms with E-state index >= 15 is 4.39 Å². The highest BCUT2D eigenvalue weighted by Crippen LogP contribution is 2.36. The van der Waals surface area contributed by atoms with Crippen LogP contribution in [0.1, 0.15) is 25.5 Å². The zero-order valence-electron chi connectivity index (χ0n) is 22.5. The molecule has 0 aliphatic heterocycles. The van der Waals surface area contributed by atoms with E-state index in [9.17, 15) is 0 Å². The van der Waals surface area contributed by atoms with Gasteiger partial charge in [0.2, 0.25) is 5.95 Å². The first-order valence-electron chi connectivity index (χ1n) is 12.2. The zero-order chi connectivity index (χ0) is 26.9. The fourth-order valence-electron chi connectivity index (χ4n) is 4.46. The average molecular weight is 507 g/mol. The van der Waals surface area contributed by atoms with Crippen LogP contribution in [-0.2, 0) is 7.05 Å². The summed E-state index contributed by atoms with van der Waals surface area (Å²) >= 11 is 0. The van der Waals surface area contributed by atoms with Gasteiger partial charge in [0.1, 0.15) is 11.3 Å². The summed E-state index contributed by atoms with van der Waals surface area (Å²) in [4.78, 5) is 13.2. The number of hydrogen-bond acceptors (Lipinski definition) is 8.